The van der Waals surface area contributed by atoms with Gasteiger partial charge in [-0.2, -0.15) is 0 Å². The van der Waals surface area contributed by atoms with Gasteiger partial charge in [0.1, 0.15) is 16.6 Å². The summed E-state index contributed by atoms with van der Waals surface area (Å²) in [5.41, 5.74) is 0.526. The highest BCUT2D eigenvalue weighted by Crippen LogP contribution is 2.31. The standard InChI is InChI=1S/C9H10ClFO/c1-5(2)6-3-4-7(12)8(10)9(6)11/h3-5,12H,1-2H3. The smallest absolute Gasteiger partial charge is 0.149 e. The van der Waals surface area contributed by atoms with Gasteiger partial charge in [0, 0.05) is 0 Å². The van der Waals surface area contributed by atoms with Crippen LogP contribution >= 0.6 is 11.6 Å². The number of hydrogen-bond acceptors (Lipinski definition) is 1. The summed E-state index contributed by atoms with van der Waals surface area (Å²) >= 11 is 5.50. The van der Waals surface area contributed by atoms with E-state index < -0.39 is 5.82 Å². The van der Waals surface area contributed by atoms with Gasteiger partial charge in [0.05, 0.1) is 0 Å². The van der Waals surface area contributed by atoms with Crippen LogP contribution in [-0.4, -0.2) is 5.11 Å². The molecule has 0 saturated carbocycles. The molecule has 0 aromatic heterocycles. The first-order valence-electron chi connectivity index (χ1n) is 3.71. The summed E-state index contributed by atoms with van der Waals surface area (Å²) in [5, 5.41) is 8.84. The lowest BCUT2D eigenvalue weighted by Crippen LogP contribution is -1.93. The highest BCUT2D eigenvalue weighted by molar-refractivity contribution is 6.32. The average molecular weight is 189 g/mol. The minimum Gasteiger partial charge on any atom is -0.506 e. The molecule has 0 saturated heterocycles. The van der Waals surface area contributed by atoms with E-state index in [0.717, 1.165) is 0 Å². The molecule has 1 aromatic rings. The zero-order chi connectivity index (χ0) is 9.30. The lowest BCUT2D eigenvalue weighted by Gasteiger charge is -2.08. The summed E-state index contributed by atoms with van der Waals surface area (Å²) in [6.07, 6.45) is 0. The molecule has 3 heteroatoms. The highest BCUT2D eigenvalue weighted by Gasteiger charge is 2.12. The lowest BCUT2D eigenvalue weighted by molar-refractivity contribution is 0.467. The Bertz CT molecular complexity index is 297. The summed E-state index contributed by atoms with van der Waals surface area (Å²) in [6, 6.07) is 2.95. The van der Waals surface area contributed by atoms with E-state index in [9.17, 15) is 4.39 Å². The van der Waals surface area contributed by atoms with Crippen molar-refractivity contribution < 1.29 is 9.50 Å². The molecule has 0 bridgehead atoms. The Labute approximate surface area is 75.8 Å². The van der Waals surface area contributed by atoms with Crippen LogP contribution in [0.1, 0.15) is 25.3 Å². The van der Waals surface area contributed by atoms with Gasteiger partial charge in [-0.05, 0) is 17.5 Å². The monoisotopic (exact) mass is 188 g/mol. The third-order valence-electron chi connectivity index (χ3n) is 1.71. The molecule has 66 valence electrons. The zero-order valence-corrected chi connectivity index (χ0v) is 7.69. The molecule has 12 heavy (non-hydrogen) atoms. The molecule has 1 aromatic carbocycles. The number of halogens is 2. The van der Waals surface area contributed by atoms with Gasteiger partial charge < -0.3 is 5.11 Å². The van der Waals surface area contributed by atoms with Crippen LogP contribution in [0.3, 0.4) is 0 Å². The van der Waals surface area contributed by atoms with Crippen molar-refractivity contribution in [3.05, 3.63) is 28.5 Å². The van der Waals surface area contributed by atoms with E-state index >= 15 is 0 Å². The van der Waals surface area contributed by atoms with E-state index in [4.69, 9.17) is 16.7 Å². The van der Waals surface area contributed by atoms with Crippen LogP contribution in [-0.2, 0) is 0 Å². The van der Waals surface area contributed by atoms with Crippen LogP contribution in [0.25, 0.3) is 0 Å². The molecule has 0 amide bonds. The molecule has 0 heterocycles. The van der Waals surface area contributed by atoms with Crippen molar-refractivity contribution in [2.24, 2.45) is 0 Å². The van der Waals surface area contributed by atoms with Crippen molar-refractivity contribution in [3.63, 3.8) is 0 Å². The van der Waals surface area contributed by atoms with E-state index in [2.05, 4.69) is 0 Å². The Morgan fingerprint density at radius 2 is 2.00 bits per heavy atom. The molecule has 0 fully saturated rings. The number of hydrogen-bond donors (Lipinski definition) is 1. The van der Waals surface area contributed by atoms with Gasteiger partial charge in [-0.3, -0.25) is 0 Å². The third-order valence-corrected chi connectivity index (χ3v) is 2.07. The van der Waals surface area contributed by atoms with Gasteiger partial charge in [-0.15, -0.1) is 0 Å². The SMILES string of the molecule is CC(C)c1ccc(O)c(Cl)c1F. The molecule has 0 atom stereocenters. The molecular weight excluding hydrogens is 179 g/mol. The second kappa shape index (κ2) is 3.31. The molecule has 0 spiro atoms. The fourth-order valence-corrected chi connectivity index (χ4v) is 1.17. The van der Waals surface area contributed by atoms with Gasteiger partial charge in [-0.1, -0.05) is 31.5 Å². The number of aromatic hydroxyl groups is 1. The van der Waals surface area contributed by atoms with Crippen LogP contribution in [0.15, 0.2) is 12.1 Å². The number of phenolic OH excluding ortho intramolecular Hbond substituents is 1. The molecular formula is C9H10ClFO. The Kier molecular flexibility index (Phi) is 2.58. The van der Waals surface area contributed by atoms with Crippen molar-refractivity contribution in [1.29, 1.82) is 0 Å². The van der Waals surface area contributed by atoms with Gasteiger partial charge in [0.15, 0.2) is 0 Å². The number of benzene rings is 1. The maximum Gasteiger partial charge on any atom is 0.149 e. The van der Waals surface area contributed by atoms with Crippen molar-refractivity contribution in [1.82, 2.24) is 0 Å². The molecule has 1 nitrogen and oxygen atoms in total. The average Bonchev–Trinajstić information content (AvgIpc) is 2.00. The van der Waals surface area contributed by atoms with Gasteiger partial charge in [0.2, 0.25) is 0 Å². The second-order valence-corrected chi connectivity index (χ2v) is 3.33. The zero-order valence-electron chi connectivity index (χ0n) is 6.94. The molecule has 0 aliphatic carbocycles. The first-order chi connectivity index (χ1) is 5.54. The third kappa shape index (κ3) is 1.53. The molecule has 0 aliphatic heterocycles. The van der Waals surface area contributed by atoms with Crippen LogP contribution in [0, 0.1) is 5.82 Å². The van der Waals surface area contributed by atoms with E-state index in [1.54, 1.807) is 6.07 Å². The first-order valence-corrected chi connectivity index (χ1v) is 4.08. The number of phenols is 1. The fourth-order valence-electron chi connectivity index (χ4n) is 1.00. The van der Waals surface area contributed by atoms with Crippen molar-refractivity contribution in [3.8, 4) is 5.75 Å². The topological polar surface area (TPSA) is 20.2 Å². The van der Waals surface area contributed by atoms with Crippen LogP contribution < -0.4 is 0 Å². The van der Waals surface area contributed by atoms with E-state index in [0.29, 0.717) is 5.56 Å². The Balaban J connectivity index is 3.27. The summed E-state index contributed by atoms with van der Waals surface area (Å²) in [6.45, 7) is 3.73. The van der Waals surface area contributed by atoms with Crippen molar-refractivity contribution >= 4 is 11.6 Å². The van der Waals surface area contributed by atoms with Crippen LogP contribution in [0.2, 0.25) is 5.02 Å². The highest BCUT2D eigenvalue weighted by atomic mass is 35.5. The molecule has 0 unspecified atom stereocenters. The van der Waals surface area contributed by atoms with Gasteiger partial charge in [0.25, 0.3) is 0 Å². The molecule has 1 N–H and O–H groups in total. The quantitative estimate of drug-likeness (QED) is 0.717. The minimum atomic E-state index is -0.522. The summed E-state index contributed by atoms with van der Waals surface area (Å²) in [4.78, 5) is 0. The Morgan fingerprint density at radius 3 is 2.50 bits per heavy atom. The minimum absolute atomic E-state index is 0.0723. The second-order valence-electron chi connectivity index (χ2n) is 2.96. The number of rotatable bonds is 1. The van der Waals surface area contributed by atoms with Crippen molar-refractivity contribution in [2.75, 3.05) is 0 Å². The van der Waals surface area contributed by atoms with E-state index in [1.807, 2.05) is 13.8 Å². The fraction of sp³-hybridized carbons (Fsp3) is 0.333. The normalized spacial score (nSPS) is 10.8. The van der Waals surface area contributed by atoms with E-state index in [1.165, 1.54) is 6.07 Å². The molecule has 0 radical (unpaired) electrons. The van der Waals surface area contributed by atoms with Crippen LogP contribution in [0.5, 0.6) is 5.75 Å². The van der Waals surface area contributed by atoms with Crippen LogP contribution in [0.4, 0.5) is 4.39 Å². The largest absolute Gasteiger partial charge is 0.506 e. The summed E-state index contributed by atoms with van der Waals surface area (Å²) in [5.74, 6) is -0.659. The maximum absolute atomic E-state index is 13.2. The summed E-state index contributed by atoms with van der Waals surface area (Å²) in [7, 11) is 0. The summed E-state index contributed by atoms with van der Waals surface area (Å²) < 4.78 is 13.2. The van der Waals surface area contributed by atoms with Gasteiger partial charge >= 0.3 is 0 Å². The predicted molar refractivity (Wildman–Crippen MR) is 47.2 cm³/mol. The molecule has 1 rings (SSSR count). The van der Waals surface area contributed by atoms with Gasteiger partial charge in [-0.25, -0.2) is 4.39 Å². The lowest BCUT2D eigenvalue weighted by atomic mass is 10.0. The Morgan fingerprint density at radius 1 is 1.42 bits per heavy atom. The molecule has 0 aliphatic rings. The van der Waals surface area contributed by atoms with E-state index in [-0.39, 0.29) is 16.7 Å². The first kappa shape index (κ1) is 9.33. The van der Waals surface area contributed by atoms with Crippen molar-refractivity contribution in [2.45, 2.75) is 19.8 Å². The maximum atomic E-state index is 13.2. The predicted octanol–water partition coefficient (Wildman–Crippen LogP) is 3.31. The Hall–Kier alpha value is -0.760.